The quantitative estimate of drug-likeness (QED) is 0.657. The SMILES string of the molecule is CCn1cc(S(=O)(=O)N2CCN(S(=O)(=O)c3cn(CC)nc3C)CC2)c(C)n1. The van der Waals surface area contributed by atoms with E-state index in [1.807, 2.05) is 13.8 Å². The van der Waals surface area contributed by atoms with Gasteiger partial charge in [0, 0.05) is 51.7 Å². The van der Waals surface area contributed by atoms with Crippen LogP contribution < -0.4 is 0 Å². The Morgan fingerprint density at radius 3 is 1.32 bits per heavy atom. The van der Waals surface area contributed by atoms with Crippen LogP contribution in [0.1, 0.15) is 25.2 Å². The number of aromatic nitrogens is 4. The highest BCUT2D eigenvalue weighted by Crippen LogP contribution is 2.24. The largest absolute Gasteiger partial charge is 0.271 e. The third kappa shape index (κ3) is 3.61. The van der Waals surface area contributed by atoms with Crippen LogP contribution in [-0.2, 0) is 33.1 Å². The van der Waals surface area contributed by atoms with Gasteiger partial charge in [0.05, 0.1) is 11.4 Å². The Kier molecular flexibility index (Phi) is 5.67. The van der Waals surface area contributed by atoms with Crippen molar-refractivity contribution in [1.82, 2.24) is 28.2 Å². The van der Waals surface area contributed by atoms with Crippen molar-refractivity contribution in [1.29, 1.82) is 0 Å². The Morgan fingerprint density at radius 1 is 0.750 bits per heavy atom. The van der Waals surface area contributed by atoms with Gasteiger partial charge in [-0.15, -0.1) is 0 Å². The van der Waals surface area contributed by atoms with Gasteiger partial charge in [-0.05, 0) is 27.7 Å². The second-order valence-electron chi connectivity index (χ2n) is 6.68. The first-order chi connectivity index (χ1) is 13.1. The van der Waals surface area contributed by atoms with Crippen molar-refractivity contribution in [2.24, 2.45) is 0 Å². The van der Waals surface area contributed by atoms with Crippen molar-refractivity contribution in [2.75, 3.05) is 26.2 Å². The monoisotopic (exact) mass is 430 g/mol. The van der Waals surface area contributed by atoms with E-state index in [0.717, 1.165) is 0 Å². The predicted octanol–water partition coefficient (Wildman–Crippen LogP) is 0.431. The van der Waals surface area contributed by atoms with Crippen molar-refractivity contribution in [3.63, 3.8) is 0 Å². The maximum Gasteiger partial charge on any atom is 0.246 e. The maximum atomic E-state index is 13.0. The van der Waals surface area contributed by atoms with Gasteiger partial charge in [-0.2, -0.15) is 18.8 Å². The molecule has 2 aromatic rings. The van der Waals surface area contributed by atoms with Gasteiger partial charge in [-0.1, -0.05) is 0 Å². The lowest BCUT2D eigenvalue weighted by Crippen LogP contribution is -2.50. The summed E-state index contributed by atoms with van der Waals surface area (Å²) >= 11 is 0. The number of sulfonamides is 2. The summed E-state index contributed by atoms with van der Waals surface area (Å²) in [4.78, 5) is 0.344. The summed E-state index contributed by atoms with van der Waals surface area (Å²) in [7, 11) is -7.42. The van der Waals surface area contributed by atoms with Gasteiger partial charge >= 0.3 is 0 Å². The van der Waals surface area contributed by atoms with Gasteiger partial charge < -0.3 is 0 Å². The highest BCUT2D eigenvalue weighted by molar-refractivity contribution is 7.89. The lowest BCUT2D eigenvalue weighted by atomic mass is 10.4. The summed E-state index contributed by atoms with van der Waals surface area (Å²) in [5.74, 6) is 0. The fourth-order valence-electron chi connectivity index (χ4n) is 3.26. The van der Waals surface area contributed by atoms with Crippen LogP contribution in [0, 0.1) is 13.8 Å². The van der Waals surface area contributed by atoms with Crippen molar-refractivity contribution in [3.05, 3.63) is 23.8 Å². The molecule has 0 spiro atoms. The van der Waals surface area contributed by atoms with Gasteiger partial charge in [0.25, 0.3) is 0 Å². The molecule has 1 aliphatic heterocycles. The number of piperazine rings is 1. The van der Waals surface area contributed by atoms with Crippen LogP contribution in [0.4, 0.5) is 0 Å². The smallest absolute Gasteiger partial charge is 0.246 e. The molecule has 28 heavy (non-hydrogen) atoms. The fourth-order valence-corrected chi connectivity index (χ4v) is 6.44. The number of aryl methyl sites for hydroxylation is 4. The Bertz CT molecular complexity index is 977. The van der Waals surface area contributed by atoms with Gasteiger partial charge in [0.1, 0.15) is 9.79 Å². The number of rotatable bonds is 6. The molecule has 0 unspecified atom stereocenters. The van der Waals surface area contributed by atoms with Crippen LogP contribution in [0.5, 0.6) is 0 Å². The molecule has 156 valence electrons. The molecule has 0 saturated carbocycles. The zero-order valence-corrected chi connectivity index (χ0v) is 18.2. The zero-order chi connectivity index (χ0) is 20.7. The van der Waals surface area contributed by atoms with Gasteiger partial charge in [0.15, 0.2) is 0 Å². The molecule has 0 aromatic carbocycles. The third-order valence-corrected chi connectivity index (χ3v) is 8.89. The first kappa shape index (κ1) is 21.0. The minimum absolute atomic E-state index is 0.0965. The summed E-state index contributed by atoms with van der Waals surface area (Å²) in [5.41, 5.74) is 0.888. The number of nitrogens with zero attached hydrogens (tertiary/aromatic N) is 6. The first-order valence-electron chi connectivity index (χ1n) is 9.19. The van der Waals surface area contributed by atoms with Crippen LogP contribution in [0.2, 0.25) is 0 Å². The van der Waals surface area contributed by atoms with E-state index in [4.69, 9.17) is 0 Å². The van der Waals surface area contributed by atoms with Crippen molar-refractivity contribution < 1.29 is 16.8 Å². The molecule has 0 N–H and O–H groups in total. The van der Waals surface area contributed by atoms with Crippen molar-refractivity contribution in [3.8, 4) is 0 Å². The lowest BCUT2D eigenvalue weighted by molar-refractivity contribution is 0.272. The van der Waals surface area contributed by atoms with E-state index in [2.05, 4.69) is 10.2 Å². The summed E-state index contributed by atoms with van der Waals surface area (Å²) in [6.45, 7) is 8.63. The molecule has 0 aliphatic carbocycles. The standard InChI is InChI=1S/C16H26N6O4S2/c1-5-19-11-15(13(3)17-19)27(23,24)21-7-9-22(10-8-21)28(25,26)16-12-20(6-2)18-14(16)4/h11-12H,5-10H2,1-4H3. The summed E-state index contributed by atoms with van der Waals surface area (Å²) < 4.78 is 57.6. The molecule has 2 aromatic heterocycles. The van der Waals surface area contributed by atoms with E-state index in [-0.39, 0.29) is 36.0 Å². The molecule has 1 saturated heterocycles. The molecule has 0 amide bonds. The molecule has 0 radical (unpaired) electrons. The zero-order valence-electron chi connectivity index (χ0n) is 16.5. The second-order valence-corrected chi connectivity index (χ2v) is 10.5. The maximum absolute atomic E-state index is 13.0. The molecule has 10 nitrogen and oxygen atoms in total. The Hall–Kier alpha value is -1.76. The molecule has 0 atom stereocenters. The lowest BCUT2D eigenvalue weighted by Gasteiger charge is -2.32. The molecule has 3 rings (SSSR count). The van der Waals surface area contributed by atoms with Gasteiger partial charge in [-0.3, -0.25) is 9.36 Å². The van der Waals surface area contributed by atoms with E-state index in [9.17, 15) is 16.8 Å². The molecular weight excluding hydrogens is 404 g/mol. The molecule has 1 fully saturated rings. The normalized spacial score (nSPS) is 17.3. The molecule has 0 bridgehead atoms. The predicted molar refractivity (Wildman–Crippen MR) is 103 cm³/mol. The topological polar surface area (TPSA) is 110 Å². The van der Waals surface area contributed by atoms with Crippen LogP contribution in [0.3, 0.4) is 0 Å². The highest BCUT2D eigenvalue weighted by Gasteiger charge is 2.36. The fraction of sp³-hybridized carbons (Fsp3) is 0.625. The van der Waals surface area contributed by atoms with E-state index in [0.29, 0.717) is 24.5 Å². The van der Waals surface area contributed by atoms with E-state index >= 15 is 0 Å². The van der Waals surface area contributed by atoms with Gasteiger partial charge in [0.2, 0.25) is 20.0 Å². The summed E-state index contributed by atoms with van der Waals surface area (Å²) in [6, 6.07) is 0. The molecule has 3 heterocycles. The van der Waals surface area contributed by atoms with Crippen molar-refractivity contribution >= 4 is 20.0 Å². The van der Waals surface area contributed by atoms with Crippen LogP contribution in [0.25, 0.3) is 0 Å². The third-order valence-electron chi connectivity index (χ3n) is 4.88. The van der Waals surface area contributed by atoms with Crippen molar-refractivity contribution in [2.45, 2.75) is 50.6 Å². The van der Waals surface area contributed by atoms with Crippen LogP contribution >= 0.6 is 0 Å². The summed E-state index contributed by atoms with van der Waals surface area (Å²) in [5, 5.41) is 8.40. The van der Waals surface area contributed by atoms with Crippen LogP contribution in [0.15, 0.2) is 22.2 Å². The van der Waals surface area contributed by atoms with E-state index < -0.39 is 20.0 Å². The Labute approximate surface area is 165 Å². The van der Waals surface area contributed by atoms with E-state index in [1.54, 1.807) is 23.2 Å². The molecule has 12 heteroatoms. The van der Waals surface area contributed by atoms with Crippen LogP contribution in [-0.4, -0.2) is 71.2 Å². The van der Waals surface area contributed by atoms with E-state index in [1.165, 1.54) is 21.0 Å². The Morgan fingerprint density at radius 2 is 1.07 bits per heavy atom. The molecular formula is C16H26N6O4S2. The second kappa shape index (κ2) is 7.58. The average Bonchev–Trinajstić information content (AvgIpc) is 3.24. The minimum atomic E-state index is -3.71. The summed E-state index contributed by atoms with van der Waals surface area (Å²) in [6.07, 6.45) is 3.05. The number of hydrogen-bond acceptors (Lipinski definition) is 6. The Balaban J connectivity index is 1.78. The average molecular weight is 431 g/mol. The van der Waals surface area contributed by atoms with Gasteiger partial charge in [-0.25, -0.2) is 16.8 Å². The highest BCUT2D eigenvalue weighted by atomic mass is 32.2. The molecule has 1 aliphatic rings. The number of hydrogen-bond donors (Lipinski definition) is 0. The first-order valence-corrected chi connectivity index (χ1v) is 12.1. The minimum Gasteiger partial charge on any atom is -0.271 e.